The SMILES string of the molecule is C#CCNS(=O)(=O)c1ccc(C(=O)OCc2nc(-c3cccnc3)no2)cc1. The Balaban J connectivity index is 1.61. The minimum Gasteiger partial charge on any atom is -0.452 e. The number of carbonyl (C=O) groups excluding carboxylic acids is 1. The molecule has 0 fully saturated rings. The number of nitrogens with zero attached hydrogens (tertiary/aromatic N) is 3. The van der Waals surface area contributed by atoms with Gasteiger partial charge in [0.1, 0.15) is 0 Å². The summed E-state index contributed by atoms with van der Waals surface area (Å²) >= 11 is 0. The minimum atomic E-state index is -3.73. The van der Waals surface area contributed by atoms with E-state index in [-0.39, 0.29) is 29.5 Å². The largest absolute Gasteiger partial charge is 0.452 e. The van der Waals surface area contributed by atoms with E-state index < -0.39 is 16.0 Å². The molecule has 0 saturated carbocycles. The number of esters is 1. The highest BCUT2D eigenvalue weighted by atomic mass is 32.2. The Kier molecular flexibility index (Phi) is 5.78. The smallest absolute Gasteiger partial charge is 0.338 e. The average molecular weight is 398 g/mol. The molecule has 0 aliphatic rings. The van der Waals surface area contributed by atoms with Crippen molar-refractivity contribution in [2.75, 3.05) is 6.54 Å². The zero-order valence-corrected chi connectivity index (χ0v) is 15.2. The summed E-state index contributed by atoms with van der Waals surface area (Å²) in [7, 11) is -3.73. The third-order valence-corrected chi connectivity index (χ3v) is 4.90. The van der Waals surface area contributed by atoms with E-state index >= 15 is 0 Å². The van der Waals surface area contributed by atoms with Crippen molar-refractivity contribution in [3.63, 3.8) is 0 Å². The molecule has 0 aliphatic carbocycles. The van der Waals surface area contributed by atoms with E-state index in [1.54, 1.807) is 24.5 Å². The first kappa shape index (κ1) is 19.2. The van der Waals surface area contributed by atoms with Crippen LogP contribution in [0.4, 0.5) is 0 Å². The predicted octanol–water partition coefficient (Wildman–Crippen LogP) is 1.40. The Hall–Kier alpha value is -3.55. The van der Waals surface area contributed by atoms with Crippen LogP contribution < -0.4 is 4.72 Å². The van der Waals surface area contributed by atoms with Crippen LogP contribution in [0.5, 0.6) is 0 Å². The van der Waals surface area contributed by atoms with Gasteiger partial charge in [-0.3, -0.25) is 4.98 Å². The molecule has 0 atom stereocenters. The molecule has 0 amide bonds. The third kappa shape index (κ3) is 4.59. The second-order valence-corrected chi connectivity index (χ2v) is 7.15. The van der Waals surface area contributed by atoms with Crippen molar-refractivity contribution in [1.29, 1.82) is 0 Å². The predicted molar refractivity (Wildman–Crippen MR) is 97.1 cm³/mol. The number of aromatic nitrogens is 3. The Morgan fingerprint density at radius 3 is 2.71 bits per heavy atom. The Bertz CT molecular complexity index is 1100. The highest BCUT2D eigenvalue weighted by molar-refractivity contribution is 7.89. The maximum Gasteiger partial charge on any atom is 0.338 e. The van der Waals surface area contributed by atoms with Gasteiger partial charge < -0.3 is 9.26 Å². The van der Waals surface area contributed by atoms with E-state index in [1.165, 1.54) is 24.3 Å². The van der Waals surface area contributed by atoms with Crippen LogP contribution >= 0.6 is 0 Å². The van der Waals surface area contributed by atoms with Crippen molar-refractivity contribution in [2.24, 2.45) is 0 Å². The fourth-order valence-electron chi connectivity index (χ4n) is 2.13. The van der Waals surface area contributed by atoms with Gasteiger partial charge in [-0.2, -0.15) is 9.71 Å². The summed E-state index contributed by atoms with van der Waals surface area (Å²) in [6.07, 6.45) is 8.23. The van der Waals surface area contributed by atoms with Gasteiger partial charge in [0.15, 0.2) is 6.61 Å². The van der Waals surface area contributed by atoms with Crippen LogP contribution in [0.15, 0.2) is 58.2 Å². The van der Waals surface area contributed by atoms with Crippen LogP contribution in [0.3, 0.4) is 0 Å². The number of benzene rings is 1. The number of carbonyl (C=O) groups is 1. The first-order chi connectivity index (χ1) is 13.5. The molecule has 0 radical (unpaired) electrons. The lowest BCUT2D eigenvalue weighted by Gasteiger charge is -2.05. The van der Waals surface area contributed by atoms with Gasteiger partial charge in [0, 0.05) is 18.0 Å². The summed E-state index contributed by atoms with van der Waals surface area (Å²) < 4.78 is 36.3. The molecule has 0 bridgehead atoms. The van der Waals surface area contributed by atoms with Gasteiger partial charge in [0.25, 0.3) is 5.89 Å². The normalized spacial score (nSPS) is 11.0. The van der Waals surface area contributed by atoms with Crippen LogP contribution in [0.25, 0.3) is 11.4 Å². The van der Waals surface area contributed by atoms with Crippen molar-refractivity contribution < 1.29 is 22.5 Å². The third-order valence-electron chi connectivity index (χ3n) is 3.48. The zero-order chi connectivity index (χ0) is 20.0. The van der Waals surface area contributed by atoms with Crippen molar-refractivity contribution >= 4 is 16.0 Å². The fraction of sp³-hybridized carbons (Fsp3) is 0.111. The summed E-state index contributed by atoms with van der Waals surface area (Å²) in [5, 5.41) is 3.80. The highest BCUT2D eigenvalue weighted by Crippen LogP contribution is 2.15. The lowest BCUT2D eigenvalue weighted by atomic mass is 10.2. The molecule has 10 heteroatoms. The summed E-state index contributed by atoms with van der Waals surface area (Å²) in [6, 6.07) is 8.73. The Labute approximate surface area is 160 Å². The van der Waals surface area contributed by atoms with E-state index in [2.05, 4.69) is 25.8 Å². The first-order valence-corrected chi connectivity index (χ1v) is 9.41. The molecule has 0 unspecified atom stereocenters. The van der Waals surface area contributed by atoms with Gasteiger partial charge in [-0.05, 0) is 36.4 Å². The van der Waals surface area contributed by atoms with E-state index in [0.717, 1.165) is 0 Å². The van der Waals surface area contributed by atoms with Gasteiger partial charge in [0.2, 0.25) is 15.8 Å². The van der Waals surface area contributed by atoms with Crippen LogP contribution in [0.2, 0.25) is 0 Å². The number of pyridine rings is 1. The zero-order valence-electron chi connectivity index (χ0n) is 14.4. The molecule has 1 aromatic carbocycles. The van der Waals surface area contributed by atoms with Crippen LogP contribution in [0.1, 0.15) is 16.2 Å². The van der Waals surface area contributed by atoms with Crippen LogP contribution in [-0.4, -0.2) is 36.1 Å². The van der Waals surface area contributed by atoms with E-state index in [4.69, 9.17) is 15.7 Å². The molecule has 3 rings (SSSR count). The lowest BCUT2D eigenvalue weighted by Crippen LogP contribution is -2.23. The first-order valence-electron chi connectivity index (χ1n) is 7.93. The fourth-order valence-corrected chi connectivity index (χ4v) is 3.06. The molecule has 1 N–H and O–H groups in total. The molecule has 0 spiro atoms. The van der Waals surface area contributed by atoms with Crippen molar-refractivity contribution in [3.8, 4) is 23.7 Å². The van der Waals surface area contributed by atoms with Crippen molar-refractivity contribution in [1.82, 2.24) is 19.8 Å². The highest BCUT2D eigenvalue weighted by Gasteiger charge is 2.16. The summed E-state index contributed by atoms with van der Waals surface area (Å²) in [6.45, 7) is -0.354. The lowest BCUT2D eigenvalue weighted by molar-refractivity contribution is 0.0429. The summed E-state index contributed by atoms with van der Waals surface area (Å²) in [4.78, 5) is 20.2. The molecule has 3 aromatic rings. The van der Waals surface area contributed by atoms with E-state index in [0.29, 0.717) is 11.4 Å². The molecule has 142 valence electrons. The number of hydrogen-bond acceptors (Lipinski definition) is 8. The maximum absolute atomic E-state index is 12.1. The van der Waals surface area contributed by atoms with E-state index in [1.807, 2.05) is 0 Å². The number of ether oxygens (including phenoxy) is 1. The molecule has 2 heterocycles. The number of hydrogen-bond donors (Lipinski definition) is 1. The number of sulfonamides is 1. The monoisotopic (exact) mass is 398 g/mol. The van der Waals surface area contributed by atoms with Crippen LogP contribution in [-0.2, 0) is 21.4 Å². The Morgan fingerprint density at radius 1 is 1.25 bits per heavy atom. The van der Waals surface area contributed by atoms with Gasteiger partial charge in [-0.15, -0.1) is 6.42 Å². The number of rotatable bonds is 7. The quantitative estimate of drug-likeness (QED) is 0.468. The molecule has 9 nitrogen and oxygen atoms in total. The van der Waals surface area contributed by atoms with Gasteiger partial charge >= 0.3 is 5.97 Å². The van der Waals surface area contributed by atoms with Crippen molar-refractivity contribution in [3.05, 3.63) is 60.2 Å². The molecule has 2 aromatic heterocycles. The van der Waals surface area contributed by atoms with Gasteiger partial charge in [-0.25, -0.2) is 13.2 Å². The second kappa shape index (κ2) is 8.43. The topological polar surface area (TPSA) is 124 Å². The standard InChI is InChI=1S/C18H14N4O5S/c1-2-9-20-28(24,25)15-7-5-13(6-8-15)18(23)26-12-16-21-17(22-27-16)14-4-3-10-19-11-14/h1,3-8,10-11,20H,9,12H2. The van der Waals surface area contributed by atoms with Gasteiger partial charge in [-0.1, -0.05) is 11.1 Å². The summed E-state index contributed by atoms with van der Waals surface area (Å²) in [5.74, 6) is 1.96. The Morgan fingerprint density at radius 2 is 2.04 bits per heavy atom. The molecule has 0 saturated heterocycles. The second-order valence-electron chi connectivity index (χ2n) is 5.38. The van der Waals surface area contributed by atoms with Gasteiger partial charge in [0.05, 0.1) is 17.0 Å². The molecule has 0 aliphatic heterocycles. The van der Waals surface area contributed by atoms with E-state index in [9.17, 15) is 13.2 Å². The number of terminal acetylenes is 1. The average Bonchev–Trinajstić information content (AvgIpc) is 3.20. The molecule has 28 heavy (non-hydrogen) atoms. The number of nitrogens with one attached hydrogen (secondary N) is 1. The van der Waals surface area contributed by atoms with Crippen molar-refractivity contribution in [2.45, 2.75) is 11.5 Å². The molecular formula is C18H14N4O5S. The molecular weight excluding hydrogens is 384 g/mol. The maximum atomic E-state index is 12.1. The summed E-state index contributed by atoms with van der Waals surface area (Å²) in [5.41, 5.74) is 0.835. The van der Waals surface area contributed by atoms with Crippen LogP contribution in [0, 0.1) is 12.3 Å². The minimum absolute atomic E-state index is 0.0164.